The zero-order chi connectivity index (χ0) is 20.4. The number of nitrogens with zero attached hydrogens (tertiary/aromatic N) is 4. The SMILES string of the molecule is CCn1cc2c(Cl)c(Br)ccc2n1.CCn1nc2ccc(Br)c(Cl)c2c1OC. The molecule has 2 aromatic carbocycles. The second-order valence-electron chi connectivity index (χ2n) is 5.86. The van der Waals surface area contributed by atoms with Crippen LogP contribution < -0.4 is 4.74 Å². The zero-order valence-electron chi connectivity index (χ0n) is 15.5. The molecule has 0 aliphatic heterocycles. The van der Waals surface area contributed by atoms with Crippen molar-refractivity contribution in [2.24, 2.45) is 0 Å². The topological polar surface area (TPSA) is 44.9 Å². The van der Waals surface area contributed by atoms with Crippen LogP contribution in [-0.4, -0.2) is 26.7 Å². The van der Waals surface area contributed by atoms with Gasteiger partial charge in [-0.25, -0.2) is 4.68 Å². The molecule has 0 unspecified atom stereocenters. The highest BCUT2D eigenvalue weighted by atomic mass is 79.9. The van der Waals surface area contributed by atoms with Gasteiger partial charge in [-0.15, -0.1) is 0 Å². The highest BCUT2D eigenvalue weighted by Crippen LogP contribution is 2.36. The lowest BCUT2D eigenvalue weighted by Crippen LogP contribution is -1.99. The number of methoxy groups -OCH3 is 1. The van der Waals surface area contributed by atoms with Crippen molar-refractivity contribution in [2.45, 2.75) is 26.9 Å². The van der Waals surface area contributed by atoms with Gasteiger partial charge in [0.15, 0.2) is 0 Å². The van der Waals surface area contributed by atoms with Crippen LogP contribution in [0.1, 0.15) is 13.8 Å². The molecule has 0 saturated heterocycles. The molecule has 2 aromatic heterocycles. The second kappa shape index (κ2) is 9.03. The van der Waals surface area contributed by atoms with Gasteiger partial charge < -0.3 is 4.74 Å². The quantitative estimate of drug-likeness (QED) is 0.278. The Kier molecular flexibility index (Phi) is 6.91. The largest absolute Gasteiger partial charge is 0.481 e. The van der Waals surface area contributed by atoms with Crippen molar-refractivity contribution in [3.05, 3.63) is 49.5 Å². The number of hydrogen-bond donors (Lipinski definition) is 0. The Morgan fingerprint density at radius 3 is 2.18 bits per heavy atom. The van der Waals surface area contributed by atoms with Crippen molar-refractivity contribution in [3.63, 3.8) is 0 Å². The predicted octanol–water partition coefficient (Wildman–Crippen LogP) is 6.95. The van der Waals surface area contributed by atoms with E-state index in [0.717, 1.165) is 48.9 Å². The van der Waals surface area contributed by atoms with Gasteiger partial charge in [0.25, 0.3) is 0 Å². The molecule has 9 heteroatoms. The van der Waals surface area contributed by atoms with Crippen LogP contribution in [0.25, 0.3) is 21.8 Å². The normalized spacial score (nSPS) is 11.0. The fourth-order valence-corrected chi connectivity index (χ4v) is 3.92. The molecule has 148 valence electrons. The molecule has 0 aliphatic carbocycles. The number of rotatable bonds is 3. The van der Waals surface area contributed by atoms with Gasteiger partial charge >= 0.3 is 0 Å². The van der Waals surface area contributed by atoms with Gasteiger partial charge in [0.05, 0.1) is 33.6 Å². The van der Waals surface area contributed by atoms with Crippen LogP contribution in [0.2, 0.25) is 10.0 Å². The van der Waals surface area contributed by atoms with Crippen LogP contribution in [0.4, 0.5) is 0 Å². The van der Waals surface area contributed by atoms with Crippen LogP contribution in [0, 0.1) is 0 Å². The Bertz CT molecular complexity index is 1140. The molecule has 0 fully saturated rings. The average molecular weight is 549 g/mol. The second-order valence-corrected chi connectivity index (χ2v) is 8.32. The van der Waals surface area contributed by atoms with Gasteiger partial charge in [-0.3, -0.25) is 4.68 Å². The number of halogens is 4. The van der Waals surface area contributed by atoms with E-state index in [9.17, 15) is 0 Å². The highest BCUT2D eigenvalue weighted by molar-refractivity contribution is 9.10. The Morgan fingerprint density at radius 2 is 1.57 bits per heavy atom. The van der Waals surface area contributed by atoms with E-state index in [2.05, 4.69) is 49.0 Å². The van der Waals surface area contributed by atoms with Crippen molar-refractivity contribution in [2.75, 3.05) is 7.11 Å². The van der Waals surface area contributed by atoms with Gasteiger partial charge in [0.1, 0.15) is 0 Å². The van der Waals surface area contributed by atoms with E-state index in [1.807, 2.05) is 42.1 Å². The Balaban J connectivity index is 0.000000162. The van der Waals surface area contributed by atoms with Gasteiger partial charge in [-0.2, -0.15) is 10.2 Å². The third-order valence-electron chi connectivity index (χ3n) is 4.19. The molecule has 28 heavy (non-hydrogen) atoms. The third-order valence-corrected chi connectivity index (χ3v) is 6.77. The lowest BCUT2D eigenvalue weighted by molar-refractivity contribution is 0.368. The summed E-state index contributed by atoms with van der Waals surface area (Å²) >= 11 is 19.1. The average Bonchev–Trinajstić information content (AvgIpc) is 3.29. The summed E-state index contributed by atoms with van der Waals surface area (Å²) in [5.74, 6) is 0.707. The molecule has 0 spiro atoms. The van der Waals surface area contributed by atoms with Gasteiger partial charge in [0.2, 0.25) is 5.88 Å². The number of benzene rings is 2. The van der Waals surface area contributed by atoms with E-state index in [1.54, 1.807) is 11.8 Å². The molecule has 0 aliphatic rings. The number of ether oxygens (including phenoxy) is 1. The summed E-state index contributed by atoms with van der Waals surface area (Å²) in [6.45, 7) is 5.68. The maximum Gasteiger partial charge on any atom is 0.221 e. The first-order chi connectivity index (χ1) is 13.4. The molecule has 0 bridgehead atoms. The summed E-state index contributed by atoms with van der Waals surface area (Å²) in [4.78, 5) is 0. The lowest BCUT2D eigenvalue weighted by atomic mass is 10.2. The molecule has 2 heterocycles. The van der Waals surface area contributed by atoms with Gasteiger partial charge in [-0.05, 0) is 70.0 Å². The van der Waals surface area contributed by atoms with Gasteiger partial charge in [-0.1, -0.05) is 23.2 Å². The van der Waals surface area contributed by atoms with E-state index in [1.165, 1.54) is 0 Å². The van der Waals surface area contributed by atoms with E-state index in [-0.39, 0.29) is 0 Å². The molecular weight excluding hydrogens is 531 g/mol. The first-order valence-electron chi connectivity index (χ1n) is 8.60. The predicted molar refractivity (Wildman–Crippen MR) is 123 cm³/mol. The zero-order valence-corrected chi connectivity index (χ0v) is 20.2. The van der Waals surface area contributed by atoms with Crippen molar-refractivity contribution in [1.82, 2.24) is 19.6 Å². The van der Waals surface area contributed by atoms with Crippen LogP contribution in [-0.2, 0) is 13.1 Å². The Morgan fingerprint density at radius 1 is 0.929 bits per heavy atom. The van der Waals surface area contributed by atoms with Crippen LogP contribution in [0.3, 0.4) is 0 Å². The lowest BCUT2D eigenvalue weighted by Gasteiger charge is -2.03. The molecule has 4 rings (SSSR count). The molecule has 0 radical (unpaired) electrons. The maximum atomic E-state index is 6.20. The number of aryl methyl sites for hydroxylation is 2. The summed E-state index contributed by atoms with van der Waals surface area (Å²) in [5, 5.41) is 12.0. The molecular formula is C19H18Br2Cl2N4O. The first-order valence-corrected chi connectivity index (χ1v) is 10.9. The minimum Gasteiger partial charge on any atom is -0.481 e. The Labute approximate surface area is 189 Å². The monoisotopic (exact) mass is 546 g/mol. The molecule has 4 aromatic rings. The third kappa shape index (κ3) is 4.03. The summed E-state index contributed by atoms with van der Waals surface area (Å²) in [5.41, 5.74) is 1.79. The van der Waals surface area contributed by atoms with Crippen LogP contribution in [0.15, 0.2) is 39.4 Å². The van der Waals surface area contributed by atoms with E-state index >= 15 is 0 Å². The van der Waals surface area contributed by atoms with Crippen molar-refractivity contribution >= 4 is 76.9 Å². The summed E-state index contributed by atoms with van der Waals surface area (Å²) in [6.07, 6.45) is 1.96. The number of hydrogen-bond acceptors (Lipinski definition) is 3. The summed E-state index contributed by atoms with van der Waals surface area (Å²) in [7, 11) is 1.62. The smallest absolute Gasteiger partial charge is 0.221 e. The van der Waals surface area contributed by atoms with Crippen molar-refractivity contribution in [3.8, 4) is 5.88 Å². The number of aromatic nitrogens is 4. The first kappa shape index (κ1) is 21.4. The summed E-state index contributed by atoms with van der Waals surface area (Å²) < 4.78 is 10.8. The Hall–Kier alpha value is -1.28. The van der Waals surface area contributed by atoms with Crippen LogP contribution >= 0.6 is 55.1 Å². The molecule has 0 amide bonds. The van der Waals surface area contributed by atoms with Crippen molar-refractivity contribution < 1.29 is 4.74 Å². The van der Waals surface area contributed by atoms with Crippen LogP contribution in [0.5, 0.6) is 5.88 Å². The summed E-state index contributed by atoms with van der Waals surface area (Å²) in [6, 6.07) is 7.67. The molecule has 0 atom stereocenters. The fourth-order valence-electron chi connectivity index (χ4n) is 2.80. The van der Waals surface area contributed by atoms with E-state index in [4.69, 9.17) is 27.9 Å². The molecule has 0 saturated carbocycles. The maximum absolute atomic E-state index is 6.20. The molecule has 0 N–H and O–H groups in total. The number of fused-ring (bicyclic) bond motifs is 2. The fraction of sp³-hybridized carbons (Fsp3) is 0.263. The van der Waals surface area contributed by atoms with Gasteiger partial charge in [0, 0.05) is 33.6 Å². The highest BCUT2D eigenvalue weighted by Gasteiger charge is 2.15. The van der Waals surface area contributed by atoms with E-state index in [0.29, 0.717) is 10.9 Å². The minimum absolute atomic E-state index is 0.643. The molecule has 5 nitrogen and oxygen atoms in total. The van der Waals surface area contributed by atoms with E-state index < -0.39 is 0 Å². The standard InChI is InChI=1S/C10H10BrClN2O.C9H8BrClN2/c1-3-14-10(15-2)8-7(13-14)5-4-6(11)9(8)12;1-2-13-5-6-8(12-13)4-3-7(10)9(6)11/h4-5H,3H2,1-2H3;3-5H,2H2,1H3. The van der Waals surface area contributed by atoms with Crippen molar-refractivity contribution in [1.29, 1.82) is 0 Å². The minimum atomic E-state index is 0.643.